The van der Waals surface area contributed by atoms with Crippen LogP contribution < -0.4 is 0 Å². The minimum atomic E-state index is -0.183. The molecule has 1 N–H and O–H groups in total. The zero-order valence-electron chi connectivity index (χ0n) is 10.6. The van der Waals surface area contributed by atoms with E-state index in [2.05, 4.69) is 18.7 Å². The minimum absolute atomic E-state index is 0.183. The molecule has 0 bridgehead atoms. The fourth-order valence-electron chi connectivity index (χ4n) is 2.46. The lowest BCUT2D eigenvalue weighted by Gasteiger charge is -2.30. The van der Waals surface area contributed by atoms with E-state index in [-0.39, 0.29) is 6.10 Å². The van der Waals surface area contributed by atoms with E-state index in [0.717, 1.165) is 25.0 Å². The van der Waals surface area contributed by atoms with Gasteiger partial charge in [0.2, 0.25) is 0 Å². The number of hydrogen-bond donors (Lipinski definition) is 1. The van der Waals surface area contributed by atoms with Crippen LogP contribution in [-0.2, 0) is 0 Å². The second kappa shape index (κ2) is 6.49. The Morgan fingerprint density at radius 2 is 1.80 bits per heavy atom. The third kappa shape index (κ3) is 4.98. The van der Waals surface area contributed by atoms with Crippen molar-refractivity contribution in [3.05, 3.63) is 0 Å². The maximum absolute atomic E-state index is 9.51. The van der Waals surface area contributed by atoms with Crippen molar-refractivity contribution in [2.75, 3.05) is 13.1 Å². The number of aliphatic hydroxyl groups excluding tert-OH is 1. The quantitative estimate of drug-likeness (QED) is 0.733. The summed E-state index contributed by atoms with van der Waals surface area (Å²) < 4.78 is 0. The summed E-state index contributed by atoms with van der Waals surface area (Å²) in [5, 5.41) is 9.51. The van der Waals surface area contributed by atoms with Gasteiger partial charge in [-0.15, -0.1) is 0 Å². The van der Waals surface area contributed by atoms with Crippen molar-refractivity contribution in [2.45, 2.75) is 65.0 Å². The first-order valence-electron chi connectivity index (χ1n) is 6.51. The Labute approximate surface area is 94.7 Å². The zero-order valence-corrected chi connectivity index (χ0v) is 10.6. The van der Waals surface area contributed by atoms with Crippen LogP contribution in [-0.4, -0.2) is 35.2 Å². The predicted octanol–water partition coefficient (Wildman–Crippen LogP) is 2.66. The molecular formula is C13H27NO. The average Bonchev–Trinajstić information content (AvgIpc) is 2.63. The van der Waals surface area contributed by atoms with Crippen LogP contribution in [0.15, 0.2) is 0 Å². The summed E-state index contributed by atoms with van der Waals surface area (Å²) in [6.45, 7) is 8.46. The van der Waals surface area contributed by atoms with Gasteiger partial charge >= 0.3 is 0 Å². The molecule has 2 nitrogen and oxygen atoms in total. The molecule has 1 rings (SSSR count). The number of hydrogen-bond acceptors (Lipinski definition) is 2. The molecule has 0 saturated heterocycles. The van der Waals surface area contributed by atoms with Crippen LogP contribution >= 0.6 is 0 Å². The van der Waals surface area contributed by atoms with Crippen LogP contribution in [0.25, 0.3) is 0 Å². The summed E-state index contributed by atoms with van der Waals surface area (Å²) >= 11 is 0. The molecule has 0 aromatic carbocycles. The maximum Gasteiger partial charge on any atom is 0.0639 e. The highest BCUT2D eigenvalue weighted by Crippen LogP contribution is 2.24. The first-order chi connectivity index (χ1) is 7.09. The van der Waals surface area contributed by atoms with E-state index in [4.69, 9.17) is 0 Å². The molecule has 1 aliphatic rings. The van der Waals surface area contributed by atoms with Gasteiger partial charge in [-0.1, -0.05) is 26.7 Å². The Morgan fingerprint density at radius 1 is 1.20 bits per heavy atom. The minimum Gasteiger partial charge on any atom is -0.392 e. The molecule has 15 heavy (non-hydrogen) atoms. The Bertz CT molecular complexity index is 162. The van der Waals surface area contributed by atoms with Crippen LogP contribution in [0.5, 0.6) is 0 Å². The van der Waals surface area contributed by atoms with E-state index in [1.165, 1.54) is 32.1 Å². The van der Waals surface area contributed by atoms with Gasteiger partial charge in [-0.25, -0.2) is 0 Å². The number of aliphatic hydroxyl groups is 1. The molecule has 0 spiro atoms. The highest BCUT2D eigenvalue weighted by Gasteiger charge is 2.23. The summed E-state index contributed by atoms with van der Waals surface area (Å²) in [5.74, 6) is 0.767. The summed E-state index contributed by atoms with van der Waals surface area (Å²) in [6.07, 6.45) is 6.50. The fourth-order valence-corrected chi connectivity index (χ4v) is 2.46. The highest BCUT2D eigenvalue weighted by molar-refractivity contribution is 4.78. The molecule has 1 fully saturated rings. The van der Waals surface area contributed by atoms with E-state index in [0.29, 0.717) is 0 Å². The second-order valence-electron chi connectivity index (χ2n) is 5.46. The molecule has 0 aliphatic heterocycles. The van der Waals surface area contributed by atoms with Crippen LogP contribution in [0.2, 0.25) is 0 Å². The van der Waals surface area contributed by atoms with Gasteiger partial charge in [0, 0.05) is 12.6 Å². The van der Waals surface area contributed by atoms with Crippen LogP contribution in [0.3, 0.4) is 0 Å². The summed E-state index contributed by atoms with van der Waals surface area (Å²) in [6, 6.07) is 0.748. The molecule has 0 aromatic heterocycles. The Kier molecular flexibility index (Phi) is 5.62. The Hall–Kier alpha value is -0.0800. The predicted molar refractivity (Wildman–Crippen MR) is 65.0 cm³/mol. The van der Waals surface area contributed by atoms with Crippen LogP contribution in [0.1, 0.15) is 52.9 Å². The molecule has 0 amide bonds. The third-order valence-electron chi connectivity index (χ3n) is 3.33. The first-order valence-corrected chi connectivity index (χ1v) is 6.51. The standard InChI is InChI=1S/C13H27NO/c1-11(2)8-9-14(10-12(3)15)13-6-4-5-7-13/h11-13,15H,4-10H2,1-3H3/t12-/m1/s1. The molecule has 0 radical (unpaired) electrons. The van der Waals surface area contributed by atoms with Crippen LogP contribution in [0.4, 0.5) is 0 Å². The molecule has 90 valence electrons. The number of nitrogens with zero attached hydrogens (tertiary/aromatic N) is 1. The zero-order chi connectivity index (χ0) is 11.3. The second-order valence-corrected chi connectivity index (χ2v) is 5.46. The van der Waals surface area contributed by atoms with E-state index < -0.39 is 0 Å². The summed E-state index contributed by atoms with van der Waals surface area (Å²) in [7, 11) is 0. The van der Waals surface area contributed by atoms with Gasteiger partial charge in [0.1, 0.15) is 0 Å². The monoisotopic (exact) mass is 213 g/mol. The van der Waals surface area contributed by atoms with Crippen molar-refractivity contribution >= 4 is 0 Å². The topological polar surface area (TPSA) is 23.5 Å². The highest BCUT2D eigenvalue weighted by atomic mass is 16.3. The first kappa shape index (κ1) is 13.0. The van der Waals surface area contributed by atoms with Crippen molar-refractivity contribution in [3.63, 3.8) is 0 Å². The summed E-state index contributed by atoms with van der Waals surface area (Å²) in [5.41, 5.74) is 0. The Morgan fingerprint density at radius 3 is 2.27 bits per heavy atom. The van der Waals surface area contributed by atoms with Crippen molar-refractivity contribution in [1.29, 1.82) is 0 Å². The lowest BCUT2D eigenvalue weighted by atomic mass is 10.1. The fraction of sp³-hybridized carbons (Fsp3) is 1.00. The normalized spacial score (nSPS) is 20.4. The smallest absolute Gasteiger partial charge is 0.0639 e. The van der Waals surface area contributed by atoms with Gasteiger partial charge in [0.25, 0.3) is 0 Å². The third-order valence-corrected chi connectivity index (χ3v) is 3.33. The summed E-state index contributed by atoms with van der Waals surface area (Å²) in [4.78, 5) is 2.51. The average molecular weight is 213 g/mol. The SMILES string of the molecule is CC(C)CCN(C[C@@H](C)O)C1CCCC1. The molecule has 1 atom stereocenters. The van der Waals surface area contributed by atoms with Gasteiger partial charge in [0.15, 0.2) is 0 Å². The Balaban J connectivity index is 2.37. The van der Waals surface area contributed by atoms with Crippen molar-refractivity contribution in [1.82, 2.24) is 4.90 Å². The molecule has 1 saturated carbocycles. The molecule has 0 aromatic rings. The van der Waals surface area contributed by atoms with Crippen LogP contribution in [0, 0.1) is 5.92 Å². The van der Waals surface area contributed by atoms with E-state index in [1.807, 2.05) is 6.92 Å². The van der Waals surface area contributed by atoms with Gasteiger partial charge in [-0.3, -0.25) is 4.90 Å². The molecule has 0 unspecified atom stereocenters. The lowest BCUT2D eigenvalue weighted by Crippen LogP contribution is -2.39. The lowest BCUT2D eigenvalue weighted by molar-refractivity contribution is 0.0953. The van der Waals surface area contributed by atoms with E-state index in [1.54, 1.807) is 0 Å². The van der Waals surface area contributed by atoms with Gasteiger partial charge in [-0.2, -0.15) is 0 Å². The largest absolute Gasteiger partial charge is 0.392 e. The van der Waals surface area contributed by atoms with E-state index >= 15 is 0 Å². The molecular weight excluding hydrogens is 186 g/mol. The van der Waals surface area contributed by atoms with Gasteiger partial charge in [0.05, 0.1) is 6.10 Å². The van der Waals surface area contributed by atoms with Crippen molar-refractivity contribution in [2.24, 2.45) is 5.92 Å². The molecule has 1 aliphatic carbocycles. The number of rotatable bonds is 6. The van der Waals surface area contributed by atoms with Gasteiger partial charge < -0.3 is 5.11 Å². The molecule has 0 heterocycles. The maximum atomic E-state index is 9.51. The van der Waals surface area contributed by atoms with Gasteiger partial charge in [-0.05, 0) is 38.6 Å². The van der Waals surface area contributed by atoms with E-state index in [9.17, 15) is 5.11 Å². The van der Waals surface area contributed by atoms with Crippen molar-refractivity contribution in [3.8, 4) is 0 Å². The molecule has 2 heteroatoms. The van der Waals surface area contributed by atoms with Crippen molar-refractivity contribution < 1.29 is 5.11 Å².